The van der Waals surface area contributed by atoms with Gasteiger partial charge in [0.1, 0.15) is 5.75 Å². The summed E-state index contributed by atoms with van der Waals surface area (Å²) in [6.45, 7) is 0.543. The van der Waals surface area contributed by atoms with E-state index in [4.69, 9.17) is 21.3 Å². The number of hydrogen-bond acceptors (Lipinski definition) is 5. The average molecular weight is 393 g/mol. The molecular formula is C19H21ClN2O3S. The van der Waals surface area contributed by atoms with E-state index in [1.807, 2.05) is 42.5 Å². The zero-order valence-electron chi connectivity index (χ0n) is 14.5. The molecule has 0 bridgehead atoms. The van der Waals surface area contributed by atoms with Crippen molar-refractivity contribution >= 4 is 48.9 Å². The predicted molar refractivity (Wildman–Crippen MR) is 108 cm³/mol. The summed E-state index contributed by atoms with van der Waals surface area (Å²) in [7, 11) is -1.46. The third kappa shape index (κ3) is 4.19. The summed E-state index contributed by atoms with van der Waals surface area (Å²) in [6, 6.07) is 13.6. The third-order valence-electron chi connectivity index (χ3n) is 4.21. The average Bonchev–Trinajstić information content (AvgIpc) is 2.64. The molecule has 0 aliphatic rings. The van der Waals surface area contributed by atoms with Crippen molar-refractivity contribution in [1.82, 2.24) is 4.98 Å². The van der Waals surface area contributed by atoms with Crippen LogP contribution in [0.25, 0.3) is 21.8 Å². The summed E-state index contributed by atoms with van der Waals surface area (Å²) in [5.74, 6) is 1.03. The summed E-state index contributed by atoms with van der Waals surface area (Å²) in [6.07, 6.45) is 0.515. The van der Waals surface area contributed by atoms with Crippen LogP contribution in [0.4, 0.5) is 5.69 Å². The molecule has 138 valence electrons. The molecule has 3 rings (SSSR count). The van der Waals surface area contributed by atoms with Crippen LogP contribution >= 0.6 is 11.6 Å². The van der Waals surface area contributed by atoms with Gasteiger partial charge >= 0.3 is 0 Å². The number of ether oxygens (including phenoxy) is 1. The van der Waals surface area contributed by atoms with Gasteiger partial charge in [-0.05, 0) is 30.7 Å². The number of anilines is 1. The van der Waals surface area contributed by atoms with Crippen LogP contribution < -0.4 is 10.1 Å². The second-order valence-electron chi connectivity index (χ2n) is 6.01. The van der Waals surface area contributed by atoms with E-state index in [0.29, 0.717) is 13.0 Å². The van der Waals surface area contributed by atoms with Crippen LogP contribution in [-0.2, 0) is 9.84 Å². The molecule has 0 spiro atoms. The SMILES string of the molecule is COc1ccc2nc3ccccc3c(NCCCS(=O)(=O)CCCl)c2c1. The number of fused-ring (bicyclic) bond motifs is 2. The highest BCUT2D eigenvalue weighted by molar-refractivity contribution is 7.91. The zero-order valence-corrected chi connectivity index (χ0v) is 16.1. The Morgan fingerprint density at radius 3 is 2.62 bits per heavy atom. The number of nitrogens with zero attached hydrogens (tertiary/aromatic N) is 1. The highest BCUT2D eigenvalue weighted by atomic mass is 35.5. The van der Waals surface area contributed by atoms with Crippen LogP contribution in [0, 0.1) is 0 Å². The lowest BCUT2D eigenvalue weighted by Crippen LogP contribution is -2.15. The second kappa shape index (κ2) is 8.10. The molecule has 5 nitrogen and oxygen atoms in total. The standard InChI is InChI=1S/C19H21ClN2O3S/c1-25-14-7-8-18-16(13-14)19(15-5-2-3-6-17(15)22-18)21-10-4-11-26(23,24)12-9-20/h2-3,5-8,13H,4,9-12H2,1H3,(H,21,22). The minimum atomic E-state index is -3.09. The van der Waals surface area contributed by atoms with Crippen LogP contribution in [0.2, 0.25) is 0 Å². The maximum absolute atomic E-state index is 11.8. The fourth-order valence-corrected chi connectivity index (χ4v) is 4.64. The Kier molecular flexibility index (Phi) is 5.84. The number of hydrogen-bond donors (Lipinski definition) is 1. The Balaban J connectivity index is 1.91. The van der Waals surface area contributed by atoms with Crippen molar-refractivity contribution in [3.05, 3.63) is 42.5 Å². The van der Waals surface area contributed by atoms with Gasteiger partial charge in [0.2, 0.25) is 0 Å². The number of rotatable bonds is 8. The van der Waals surface area contributed by atoms with Crippen molar-refractivity contribution in [2.45, 2.75) is 6.42 Å². The number of benzene rings is 2. The smallest absolute Gasteiger partial charge is 0.151 e. The molecule has 7 heteroatoms. The van der Waals surface area contributed by atoms with Gasteiger partial charge in [-0.25, -0.2) is 13.4 Å². The number of aromatic nitrogens is 1. The van der Waals surface area contributed by atoms with E-state index >= 15 is 0 Å². The quantitative estimate of drug-likeness (QED) is 0.358. The monoisotopic (exact) mass is 392 g/mol. The minimum Gasteiger partial charge on any atom is -0.497 e. The summed E-state index contributed by atoms with van der Waals surface area (Å²) < 4.78 is 29.0. The molecule has 1 N–H and O–H groups in total. The van der Waals surface area contributed by atoms with Crippen molar-refractivity contribution in [3.8, 4) is 5.75 Å². The Bertz CT molecular complexity index is 1020. The maximum Gasteiger partial charge on any atom is 0.151 e. The molecule has 0 fully saturated rings. The fraction of sp³-hybridized carbons (Fsp3) is 0.316. The van der Waals surface area contributed by atoms with Crippen LogP contribution in [0.3, 0.4) is 0 Å². The Labute approximate surface area is 158 Å². The number of sulfone groups is 1. The molecule has 0 aliphatic carbocycles. The van der Waals surface area contributed by atoms with Crippen molar-refractivity contribution < 1.29 is 13.2 Å². The van der Waals surface area contributed by atoms with Crippen LogP contribution in [0.1, 0.15) is 6.42 Å². The highest BCUT2D eigenvalue weighted by Crippen LogP contribution is 2.32. The van der Waals surface area contributed by atoms with Gasteiger partial charge in [-0.3, -0.25) is 0 Å². The molecule has 0 aliphatic heterocycles. The van der Waals surface area contributed by atoms with E-state index in [1.165, 1.54) is 0 Å². The van der Waals surface area contributed by atoms with Crippen LogP contribution in [-0.4, -0.2) is 44.4 Å². The normalized spacial score (nSPS) is 11.8. The fourth-order valence-electron chi connectivity index (χ4n) is 2.91. The first-order valence-electron chi connectivity index (χ1n) is 8.41. The van der Waals surface area contributed by atoms with E-state index in [0.717, 1.165) is 33.2 Å². The molecule has 1 aromatic heterocycles. The van der Waals surface area contributed by atoms with Gasteiger partial charge in [0, 0.05) is 23.2 Å². The Morgan fingerprint density at radius 2 is 1.85 bits per heavy atom. The van der Waals surface area contributed by atoms with E-state index in [-0.39, 0.29) is 17.4 Å². The summed E-state index contributed by atoms with van der Waals surface area (Å²) >= 11 is 5.54. The molecule has 1 heterocycles. The van der Waals surface area contributed by atoms with Gasteiger partial charge in [0.25, 0.3) is 0 Å². The lowest BCUT2D eigenvalue weighted by Gasteiger charge is -2.14. The predicted octanol–water partition coefficient (Wildman–Crippen LogP) is 3.85. The van der Waals surface area contributed by atoms with Gasteiger partial charge in [-0.1, -0.05) is 18.2 Å². The molecule has 0 unspecified atom stereocenters. The van der Waals surface area contributed by atoms with Crippen LogP contribution in [0.5, 0.6) is 5.75 Å². The topological polar surface area (TPSA) is 68.3 Å². The van der Waals surface area contributed by atoms with E-state index in [9.17, 15) is 8.42 Å². The first kappa shape index (κ1) is 18.7. The number of para-hydroxylation sites is 1. The number of pyridine rings is 1. The van der Waals surface area contributed by atoms with Gasteiger partial charge in [0.15, 0.2) is 9.84 Å². The first-order chi connectivity index (χ1) is 12.5. The number of nitrogens with one attached hydrogen (secondary N) is 1. The third-order valence-corrected chi connectivity index (χ3v) is 6.36. The summed E-state index contributed by atoms with van der Waals surface area (Å²) in [4.78, 5) is 4.70. The molecular weight excluding hydrogens is 372 g/mol. The zero-order chi connectivity index (χ0) is 18.6. The molecule has 3 aromatic rings. The van der Waals surface area contributed by atoms with Gasteiger partial charge in [0.05, 0.1) is 35.3 Å². The largest absolute Gasteiger partial charge is 0.497 e. The lowest BCUT2D eigenvalue weighted by molar-refractivity contribution is 0.415. The molecule has 26 heavy (non-hydrogen) atoms. The Morgan fingerprint density at radius 1 is 1.08 bits per heavy atom. The lowest BCUT2D eigenvalue weighted by atomic mass is 10.1. The van der Waals surface area contributed by atoms with E-state index < -0.39 is 9.84 Å². The maximum atomic E-state index is 11.8. The first-order valence-corrected chi connectivity index (χ1v) is 10.8. The van der Waals surface area contributed by atoms with E-state index in [1.54, 1.807) is 7.11 Å². The van der Waals surface area contributed by atoms with Crippen molar-refractivity contribution in [2.24, 2.45) is 0 Å². The molecule has 2 aromatic carbocycles. The van der Waals surface area contributed by atoms with Crippen molar-refractivity contribution in [1.29, 1.82) is 0 Å². The number of alkyl halides is 1. The van der Waals surface area contributed by atoms with Crippen molar-refractivity contribution in [2.75, 3.05) is 36.4 Å². The molecule has 0 radical (unpaired) electrons. The van der Waals surface area contributed by atoms with Gasteiger partial charge in [-0.2, -0.15) is 0 Å². The Hall–Kier alpha value is -2.05. The second-order valence-corrected chi connectivity index (χ2v) is 8.69. The molecule has 0 atom stereocenters. The van der Waals surface area contributed by atoms with Gasteiger partial charge < -0.3 is 10.1 Å². The van der Waals surface area contributed by atoms with Gasteiger partial charge in [-0.15, -0.1) is 11.6 Å². The van der Waals surface area contributed by atoms with E-state index in [2.05, 4.69) is 5.32 Å². The van der Waals surface area contributed by atoms with Crippen molar-refractivity contribution in [3.63, 3.8) is 0 Å². The summed E-state index contributed by atoms with van der Waals surface area (Å²) in [5.41, 5.74) is 2.70. The number of methoxy groups -OCH3 is 1. The molecule has 0 amide bonds. The summed E-state index contributed by atoms with van der Waals surface area (Å²) in [5, 5.41) is 5.35. The minimum absolute atomic E-state index is 0.0207. The highest BCUT2D eigenvalue weighted by Gasteiger charge is 2.12. The van der Waals surface area contributed by atoms with Crippen LogP contribution in [0.15, 0.2) is 42.5 Å². The molecule has 0 saturated heterocycles. The number of halogens is 1. The molecule has 0 saturated carbocycles.